The molecule has 17 heavy (non-hydrogen) atoms. The van der Waals surface area contributed by atoms with Gasteiger partial charge in [-0.3, -0.25) is 4.98 Å². The lowest BCUT2D eigenvalue weighted by molar-refractivity contribution is -0.0306. The lowest BCUT2D eigenvalue weighted by Crippen LogP contribution is -2.65. The summed E-state index contributed by atoms with van der Waals surface area (Å²) < 4.78 is 1.63. The molecule has 0 radical (unpaired) electrons. The summed E-state index contributed by atoms with van der Waals surface area (Å²) in [5.74, 6) is 1.05. The summed E-state index contributed by atoms with van der Waals surface area (Å²) in [6.07, 6.45) is 3.32. The van der Waals surface area contributed by atoms with Gasteiger partial charge >= 0.3 is 0 Å². The highest BCUT2D eigenvalue weighted by Crippen LogP contribution is 2.32. The van der Waals surface area contributed by atoms with E-state index in [1.165, 1.54) is 0 Å². The molecular formula is C10H14N6O. The molecule has 0 aliphatic carbocycles. The Bertz CT molecular complexity index is 544. The van der Waals surface area contributed by atoms with E-state index in [1.54, 1.807) is 16.9 Å². The predicted molar refractivity (Wildman–Crippen MR) is 60.6 cm³/mol. The van der Waals surface area contributed by atoms with Crippen molar-refractivity contribution < 1.29 is 5.11 Å². The number of hydrogen-bond acceptors (Lipinski definition) is 6. The quantitative estimate of drug-likeness (QED) is 0.770. The smallest absolute Gasteiger partial charge is 0.199 e. The van der Waals surface area contributed by atoms with Crippen molar-refractivity contribution in [1.29, 1.82) is 0 Å². The molecule has 1 fully saturated rings. The topological polar surface area (TPSA) is 79.4 Å². The van der Waals surface area contributed by atoms with Crippen LogP contribution in [-0.2, 0) is 0 Å². The van der Waals surface area contributed by atoms with E-state index in [0.29, 0.717) is 18.7 Å². The molecular weight excluding hydrogens is 220 g/mol. The fourth-order valence-corrected chi connectivity index (χ4v) is 2.02. The normalized spacial score (nSPS) is 18.7. The predicted octanol–water partition coefficient (Wildman–Crippen LogP) is -0.274. The Morgan fingerprint density at radius 2 is 2.12 bits per heavy atom. The third-order valence-corrected chi connectivity index (χ3v) is 3.42. The van der Waals surface area contributed by atoms with Gasteiger partial charge in [-0.15, -0.1) is 5.10 Å². The first-order valence-corrected chi connectivity index (χ1v) is 5.59. The molecule has 0 unspecified atom stereocenters. The molecule has 7 nitrogen and oxygen atoms in total. The Hall–Kier alpha value is -1.76. The van der Waals surface area contributed by atoms with Crippen LogP contribution >= 0.6 is 0 Å². The molecule has 2 aromatic heterocycles. The van der Waals surface area contributed by atoms with Gasteiger partial charge in [0.1, 0.15) is 5.60 Å². The van der Waals surface area contributed by atoms with Crippen molar-refractivity contribution in [1.82, 2.24) is 25.0 Å². The molecule has 1 N–H and O–H groups in total. The van der Waals surface area contributed by atoms with Crippen LogP contribution in [0, 0.1) is 5.92 Å². The monoisotopic (exact) mass is 234 g/mol. The SMILES string of the molecule is CC(C)C1(O)CN(c2cncc3nnnn23)C1. The first kappa shape index (κ1) is 10.4. The largest absolute Gasteiger partial charge is 0.386 e. The van der Waals surface area contributed by atoms with Crippen LogP contribution in [0.1, 0.15) is 13.8 Å². The molecule has 2 aromatic rings. The van der Waals surface area contributed by atoms with E-state index in [2.05, 4.69) is 20.5 Å². The van der Waals surface area contributed by atoms with Crippen LogP contribution in [0.4, 0.5) is 5.82 Å². The summed E-state index contributed by atoms with van der Waals surface area (Å²) in [6.45, 7) is 5.22. The van der Waals surface area contributed by atoms with Crippen LogP contribution in [0.25, 0.3) is 5.65 Å². The molecule has 1 aliphatic heterocycles. The standard InChI is InChI=1S/C10H14N6O/c1-7(2)10(17)5-15(6-10)9-4-11-3-8-12-13-14-16(8)9/h3-4,7,17H,5-6H2,1-2H3. The summed E-state index contributed by atoms with van der Waals surface area (Å²) in [5.41, 5.74) is -0.00149. The second-order valence-electron chi connectivity index (χ2n) is 4.83. The molecule has 0 amide bonds. The zero-order chi connectivity index (χ0) is 12.0. The van der Waals surface area contributed by atoms with Crippen LogP contribution in [0.5, 0.6) is 0 Å². The van der Waals surface area contributed by atoms with Crippen molar-refractivity contribution in [3.05, 3.63) is 12.4 Å². The molecule has 1 saturated heterocycles. The number of aromatic nitrogens is 5. The fourth-order valence-electron chi connectivity index (χ4n) is 2.02. The molecule has 90 valence electrons. The Morgan fingerprint density at radius 3 is 2.82 bits per heavy atom. The van der Waals surface area contributed by atoms with E-state index in [0.717, 1.165) is 5.82 Å². The lowest BCUT2D eigenvalue weighted by atomic mass is 9.83. The van der Waals surface area contributed by atoms with Gasteiger partial charge in [-0.25, -0.2) is 0 Å². The maximum absolute atomic E-state index is 10.2. The lowest BCUT2D eigenvalue weighted by Gasteiger charge is -2.49. The minimum absolute atomic E-state index is 0.236. The molecule has 0 aromatic carbocycles. The van der Waals surface area contributed by atoms with Gasteiger partial charge in [0.15, 0.2) is 11.5 Å². The highest BCUT2D eigenvalue weighted by atomic mass is 16.3. The Kier molecular flexibility index (Phi) is 2.06. The maximum Gasteiger partial charge on any atom is 0.199 e. The number of nitrogens with zero attached hydrogens (tertiary/aromatic N) is 6. The first-order valence-electron chi connectivity index (χ1n) is 5.59. The molecule has 3 rings (SSSR count). The Morgan fingerprint density at radius 1 is 1.35 bits per heavy atom. The summed E-state index contributed by atoms with van der Waals surface area (Å²) in [4.78, 5) is 6.12. The van der Waals surface area contributed by atoms with Crippen molar-refractivity contribution >= 4 is 11.5 Å². The molecule has 3 heterocycles. The van der Waals surface area contributed by atoms with E-state index in [9.17, 15) is 5.11 Å². The fraction of sp³-hybridized carbons (Fsp3) is 0.600. The molecule has 0 saturated carbocycles. The average molecular weight is 234 g/mol. The van der Waals surface area contributed by atoms with E-state index >= 15 is 0 Å². The van der Waals surface area contributed by atoms with E-state index in [1.807, 2.05) is 18.7 Å². The third kappa shape index (κ3) is 1.46. The number of β-amino-alcohol motifs (C(OH)–C–C–N with tert-alkyl or cyclic N) is 1. The van der Waals surface area contributed by atoms with Crippen molar-refractivity contribution in [2.45, 2.75) is 19.4 Å². The van der Waals surface area contributed by atoms with E-state index in [4.69, 9.17) is 0 Å². The number of aliphatic hydroxyl groups is 1. The Balaban J connectivity index is 1.90. The highest BCUT2D eigenvalue weighted by molar-refractivity contribution is 5.49. The van der Waals surface area contributed by atoms with Gasteiger partial charge < -0.3 is 10.0 Å². The first-order chi connectivity index (χ1) is 8.10. The van der Waals surface area contributed by atoms with Crippen LogP contribution in [0.15, 0.2) is 12.4 Å². The van der Waals surface area contributed by atoms with Crippen molar-refractivity contribution in [2.75, 3.05) is 18.0 Å². The van der Waals surface area contributed by atoms with Gasteiger partial charge in [-0.2, -0.15) is 4.52 Å². The summed E-state index contributed by atoms with van der Waals surface area (Å²) in [7, 11) is 0. The number of hydrogen-bond donors (Lipinski definition) is 1. The van der Waals surface area contributed by atoms with Crippen LogP contribution < -0.4 is 4.90 Å². The average Bonchev–Trinajstić information content (AvgIpc) is 2.72. The summed E-state index contributed by atoms with van der Waals surface area (Å²) in [5, 5.41) is 21.6. The minimum atomic E-state index is -0.615. The van der Waals surface area contributed by atoms with Gasteiger partial charge in [0.2, 0.25) is 0 Å². The number of rotatable bonds is 2. The van der Waals surface area contributed by atoms with Crippen molar-refractivity contribution in [3.63, 3.8) is 0 Å². The second-order valence-corrected chi connectivity index (χ2v) is 4.83. The van der Waals surface area contributed by atoms with Crippen molar-refractivity contribution in [2.24, 2.45) is 5.92 Å². The van der Waals surface area contributed by atoms with E-state index in [-0.39, 0.29) is 5.92 Å². The molecule has 0 spiro atoms. The van der Waals surface area contributed by atoms with Gasteiger partial charge in [-0.1, -0.05) is 13.8 Å². The molecule has 0 atom stereocenters. The molecule has 7 heteroatoms. The molecule has 0 bridgehead atoms. The third-order valence-electron chi connectivity index (χ3n) is 3.42. The number of tetrazole rings is 1. The number of anilines is 1. The minimum Gasteiger partial charge on any atom is -0.386 e. The Labute approximate surface area is 98.1 Å². The van der Waals surface area contributed by atoms with Crippen LogP contribution in [0.2, 0.25) is 0 Å². The van der Waals surface area contributed by atoms with E-state index < -0.39 is 5.60 Å². The highest BCUT2D eigenvalue weighted by Gasteiger charge is 2.44. The zero-order valence-corrected chi connectivity index (χ0v) is 9.78. The second kappa shape index (κ2) is 3.36. The zero-order valence-electron chi connectivity index (χ0n) is 9.78. The van der Waals surface area contributed by atoms with Crippen LogP contribution in [-0.4, -0.2) is 48.8 Å². The van der Waals surface area contributed by atoms with Gasteiger partial charge in [0.05, 0.1) is 25.5 Å². The van der Waals surface area contributed by atoms with Gasteiger partial charge in [-0.05, 0) is 16.3 Å². The van der Waals surface area contributed by atoms with Gasteiger partial charge in [0.25, 0.3) is 0 Å². The van der Waals surface area contributed by atoms with Crippen LogP contribution in [0.3, 0.4) is 0 Å². The maximum atomic E-state index is 10.2. The summed E-state index contributed by atoms with van der Waals surface area (Å²) >= 11 is 0. The van der Waals surface area contributed by atoms with Gasteiger partial charge in [0, 0.05) is 0 Å². The number of fused-ring (bicyclic) bond motifs is 1. The molecule has 1 aliphatic rings. The summed E-state index contributed by atoms with van der Waals surface area (Å²) in [6, 6.07) is 0. The van der Waals surface area contributed by atoms with Crippen molar-refractivity contribution in [3.8, 4) is 0 Å².